The zero-order chi connectivity index (χ0) is 19.8. The van der Waals surface area contributed by atoms with Gasteiger partial charge in [0.2, 0.25) is 0 Å². The number of carbonyl (C=O) groups is 3. The van der Waals surface area contributed by atoms with Crippen LogP contribution in [0, 0.1) is 6.92 Å². The van der Waals surface area contributed by atoms with Gasteiger partial charge in [-0.05, 0) is 37.6 Å². The summed E-state index contributed by atoms with van der Waals surface area (Å²) >= 11 is 5.74. The monoisotopic (exact) mass is 396 g/mol. The molecule has 7 N–H and O–H groups in total. The van der Waals surface area contributed by atoms with E-state index in [9.17, 15) is 22.8 Å². The highest BCUT2D eigenvalue weighted by atomic mass is 35.5. The Morgan fingerprint density at radius 3 is 2.04 bits per heavy atom. The maximum atomic E-state index is 10.5. The maximum absolute atomic E-state index is 10.5. The summed E-state index contributed by atoms with van der Waals surface area (Å²) in [5.74, 6) is -0.441. The van der Waals surface area contributed by atoms with Crippen molar-refractivity contribution in [1.29, 1.82) is 0 Å². The van der Waals surface area contributed by atoms with Crippen LogP contribution in [0.4, 0.5) is 9.59 Å². The molecule has 0 aliphatic heterocycles. The summed E-state index contributed by atoms with van der Waals surface area (Å²) in [6.45, 7) is 3.30. The quantitative estimate of drug-likeness (QED) is 0.464. The smallest absolute Gasteiger partial charge is 0.344 e. The molecule has 1 aromatic rings. The topological polar surface area (TPSA) is 191 Å². The number of nitrogens with two attached hydrogens (primary N) is 2. The highest BCUT2D eigenvalue weighted by molar-refractivity contribution is 7.88. The molecule has 25 heavy (non-hydrogen) atoms. The number of hydrogen-bond acceptors (Lipinski definition) is 6. The predicted octanol–water partition coefficient (Wildman–Crippen LogP) is 0.0681. The van der Waals surface area contributed by atoms with Gasteiger partial charge < -0.3 is 21.3 Å². The number of urea groups is 2. The number of nitrogens with one attached hydrogen (secondary N) is 2. The Morgan fingerprint density at radius 1 is 1.20 bits per heavy atom. The van der Waals surface area contributed by atoms with E-state index in [4.69, 9.17) is 21.4 Å². The number of amides is 4. The van der Waals surface area contributed by atoms with Crippen LogP contribution in [0.25, 0.3) is 0 Å². The van der Waals surface area contributed by atoms with E-state index in [0.717, 1.165) is 5.56 Å². The lowest BCUT2D eigenvalue weighted by Crippen LogP contribution is -2.46. The Bertz CT molecular complexity index is 732. The third-order valence-corrected chi connectivity index (χ3v) is 3.43. The number of ether oxygens (including phenoxy) is 1. The molecule has 0 saturated carbocycles. The average Bonchev–Trinajstić information content (AvgIpc) is 2.39. The van der Waals surface area contributed by atoms with E-state index in [0.29, 0.717) is 10.8 Å². The van der Waals surface area contributed by atoms with Gasteiger partial charge in [-0.15, -0.1) is 0 Å². The van der Waals surface area contributed by atoms with Crippen LogP contribution in [0.15, 0.2) is 18.2 Å². The Hall–Kier alpha value is -2.73. The molecule has 1 atom stereocenters. The minimum absolute atomic E-state index is 0.546. The van der Waals surface area contributed by atoms with Gasteiger partial charge >= 0.3 is 28.2 Å². The van der Waals surface area contributed by atoms with Crippen molar-refractivity contribution >= 4 is 39.8 Å². The van der Waals surface area contributed by atoms with E-state index >= 15 is 0 Å². The molecular formula is C12H17ClN4O7S. The van der Waals surface area contributed by atoms with Crippen molar-refractivity contribution in [2.45, 2.75) is 20.0 Å². The summed E-state index contributed by atoms with van der Waals surface area (Å²) in [6, 6.07) is 2.44. The van der Waals surface area contributed by atoms with Crippen molar-refractivity contribution in [3.05, 3.63) is 28.8 Å². The molecule has 1 rings (SSSR count). The lowest BCUT2D eigenvalue weighted by Gasteiger charge is -2.12. The van der Waals surface area contributed by atoms with Crippen LogP contribution in [-0.2, 0) is 15.0 Å². The second-order valence-corrected chi connectivity index (χ2v) is 6.30. The molecule has 0 radical (unpaired) electrons. The minimum Gasteiger partial charge on any atom is -0.479 e. The third kappa shape index (κ3) is 9.88. The molecule has 0 fully saturated rings. The fourth-order valence-corrected chi connectivity index (χ4v) is 2.08. The van der Waals surface area contributed by atoms with Crippen molar-refractivity contribution < 1.29 is 32.6 Å². The van der Waals surface area contributed by atoms with Crippen LogP contribution in [0.3, 0.4) is 0 Å². The first-order valence-electron chi connectivity index (χ1n) is 6.39. The Kier molecular flexibility index (Phi) is 8.50. The minimum atomic E-state index is -4.23. The summed E-state index contributed by atoms with van der Waals surface area (Å²) < 4.78 is 28.6. The summed E-state index contributed by atoms with van der Waals surface area (Å²) in [7, 11) is -4.23. The molecule has 0 aliphatic carbocycles. The van der Waals surface area contributed by atoms with Crippen molar-refractivity contribution in [2.24, 2.45) is 11.5 Å². The average molecular weight is 397 g/mol. The van der Waals surface area contributed by atoms with Gasteiger partial charge in [0, 0.05) is 5.02 Å². The Labute approximate surface area is 148 Å². The fourth-order valence-electron chi connectivity index (χ4n) is 1.28. The third-order valence-electron chi connectivity index (χ3n) is 2.26. The normalized spacial score (nSPS) is 11.3. The predicted molar refractivity (Wildman–Crippen MR) is 88.3 cm³/mol. The van der Waals surface area contributed by atoms with Crippen LogP contribution in [0.2, 0.25) is 5.02 Å². The van der Waals surface area contributed by atoms with Gasteiger partial charge in [-0.1, -0.05) is 11.6 Å². The number of aliphatic carboxylic acids is 1. The Balaban J connectivity index is 0.000000477. The van der Waals surface area contributed by atoms with Crippen LogP contribution in [-0.4, -0.2) is 37.7 Å². The number of hydrogen-bond donors (Lipinski definition) is 5. The fraction of sp³-hybridized carbons (Fsp3) is 0.250. The molecule has 0 heterocycles. The largest absolute Gasteiger partial charge is 0.479 e. The van der Waals surface area contributed by atoms with Crippen molar-refractivity contribution in [3.63, 3.8) is 0 Å². The lowest BCUT2D eigenvalue weighted by atomic mass is 10.2. The first-order valence-corrected chi connectivity index (χ1v) is 8.25. The lowest BCUT2D eigenvalue weighted by molar-refractivity contribution is -0.144. The van der Waals surface area contributed by atoms with Crippen LogP contribution in [0.5, 0.6) is 5.75 Å². The van der Waals surface area contributed by atoms with E-state index in [2.05, 4.69) is 11.5 Å². The van der Waals surface area contributed by atoms with Crippen molar-refractivity contribution in [1.82, 2.24) is 9.44 Å². The molecule has 0 saturated heterocycles. The molecule has 1 unspecified atom stereocenters. The number of carbonyl (C=O) groups excluding carboxylic acids is 2. The summed E-state index contributed by atoms with van der Waals surface area (Å²) in [5.41, 5.74) is 9.69. The first-order chi connectivity index (χ1) is 11.3. The van der Waals surface area contributed by atoms with E-state index in [-0.39, 0.29) is 0 Å². The summed E-state index contributed by atoms with van der Waals surface area (Å²) in [6.07, 6.45) is -0.852. The number of primary amides is 2. The standard InChI is InChI=1S/C10H11ClO3.C2H6N4O4S/c1-6-5-8(11)3-4-9(6)14-7(2)10(12)13;3-1(7)5-11(9,10)6-2(4)8/h3-5,7H,1-2H3,(H,12,13);(H3,3,5,7)(H3,4,6,8). The second kappa shape index (κ2) is 9.54. The number of halogens is 1. The van der Waals surface area contributed by atoms with Crippen LogP contribution >= 0.6 is 11.6 Å². The van der Waals surface area contributed by atoms with Gasteiger partial charge in [0.25, 0.3) is 0 Å². The van der Waals surface area contributed by atoms with Crippen LogP contribution in [0.1, 0.15) is 12.5 Å². The summed E-state index contributed by atoms with van der Waals surface area (Å²) in [4.78, 5) is 30.4. The molecule has 0 aromatic heterocycles. The van der Waals surface area contributed by atoms with E-state index in [1.54, 1.807) is 18.2 Å². The first kappa shape index (κ1) is 22.3. The van der Waals surface area contributed by atoms with E-state index in [1.165, 1.54) is 16.4 Å². The molecule has 13 heteroatoms. The van der Waals surface area contributed by atoms with Crippen molar-refractivity contribution in [2.75, 3.05) is 0 Å². The highest BCUT2D eigenvalue weighted by Gasteiger charge is 2.13. The molecule has 0 bridgehead atoms. The number of benzene rings is 1. The van der Waals surface area contributed by atoms with Gasteiger partial charge in [-0.3, -0.25) is 0 Å². The zero-order valence-electron chi connectivity index (χ0n) is 13.1. The van der Waals surface area contributed by atoms with Gasteiger partial charge in [-0.25, -0.2) is 23.8 Å². The van der Waals surface area contributed by atoms with Gasteiger partial charge in [0.15, 0.2) is 6.10 Å². The van der Waals surface area contributed by atoms with E-state index < -0.39 is 34.3 Å². The van der Waals surface area contributed by atoms with Gasteiger partial charge in [0.05, 0.1) is 0 Å². The maximum Gasteiger partial charge on any atom is 0.344 e. The van der Waals surface area contributed by atoms with Gasteiger partial charge in [-0.2, -0.15) is 8.42 Å². The molecular weight excluding hydrogens is 380 g/mol. The number of carboxylic acids is 1. The number of carboxylic acid groups (broad SMARTS) is 1. The van der Waals surface area contributed by atoms with Crippen molar-refractivity contribution in [3.8, 4) is 5.75 Å². The van der Waals surface area contributed by atoms with E-state index in [1.807, 2.05) is 6.92 Å². The van der Waals surface area contributed by atoms with Gasteiger partial charge in [0.1, 0.15) is 5.75 Å². The Morgan fingerprint density at radius 2 is 1.68 bits per heavy atom. The summed E-state index contributed by atoms with van der Waals surface area (Å²) in [5, 5.41) is 9.25. The van der Waals surface area contributed by atoms with Crippen LogP contribution < -0.4 is 25.6 Å². The molecule has 1 aromatic carbocycles. The number of aryl methyl sites for hydroxylation is 1. The zero-order valence-corrected chi connectivity index (χ0v) is 14.7. The molecule has 4 amide bonds. The highest BCUT2D eigenvalue weighted by Crippen LogP contribution is 2.22. The second-order valence-electron chi connectivity index (χ2n) is 4.44. The SMILES string of the molecule is Cc1cc(Cl)ccc1OC(C)C(=O)O.NC(=O)NS(=O)(=O)NC(N)=O. The molecule has 0 spiro atoms. The molecule has 0 aliphatic rings. The number of rotatable bonds is 5. The molecule has 11 nitrogen and oxygen atoms in total. The molecule has 140 valence electrons.